The number of pyridine rings is 1. The van der Waals surface area contributed by atoms with Gasteiger partial charge in [-0.2, -0.15) is 0 Å². The van der Waals surface area contributed by atoms with Crippen molar-refractivity contribution in [2.75, 3.05) is 26.3 Å². The molecule has 0 aromatic carbocycles. The molecule has 134 valence electrons. The summed E-state index contributed by atoms with van der Waals surface area (Å²) in [5, 5.41) is 5.34. The van der Waals surface area contributed by atoms with Gasteiger partial charge in [-0.05, 0) is 39.3 Å². The number of amides is 2. The molecule has 0 fully saturated rings. The normalized spacial score (nSPS) is 11.0. The summed E-state index contributed by atoms with van der Waals surface area (Å²) in [7, 11) is 0. The van der Waals surface area contributed by atoms with E-state index in [0.29, 0.717) is 31.9 Å². The van der Waals surface area contributed by atoms with Gasteiger partial charge >= 0.3 is 6.09 Å². The molecule has 24 heavy (non-hydrogen) atoms. The van der Waals surface area contributed by atoms with Crippen molar-refractivity contribution < 1.29 is 19.1 Å². The van der Waals surface area contributed by atoms with Gasteiger partial charge in [-0.3, -0.25) is 9.78 Å². The Hall–Kier alpha value is -2.15. The molecule has 1 aromatic heterocycles. The van der Waals surface area contributed by atoms with E-state index in [1.54, 1.807) is 33.0 Å². The van der Waals surface area contributed by atoms with Crippen molar-refractivity contribution in [3.8, 4) is 0 Å². The smallest absolute Gasteiger partial charge is 0.407 e. The van der Waals surface area contributed by atoms with Gasteiger partial charge in [0, 0.05) is 25.0 Å². The molecule has 0 saturated carbocycles. The van der Waals surface area contributed by atoms with E-state index in [-0.39, 0.29) is 5.91 Å². The molecule has 0 aliphatic heterocycles. The highest BCUT2D eigenvalue weighted by molar-refractivity contribution is 5.93. The van der Waals surface area contributed by atoms with E-state index in [9.17, 15) is 9.59 Å². The van der Waals surface area contributed by atoms with Crippen LogP contribution in [0.4, 0.5) is 4.79 Å². The molecule has 7 heteroatoms. The van der Waals surface area contributed by atoms with Crippen LogP contribution in [-0.2, 0) is 15.9 Å². The molecule has 0 atom stereocenters. The van der Waals surface area contributed by atoms with Gasteiger partial charge in [-0.15, -0.1) is 0 Å². The van der Waals surface area contributed by atoms with E-state index in [0.717, 1.165) is 12.1 Å². The molecule has 0 bridgehead atoms. The molecule has 0 radical (unpaired) electrons. The van der Waals surface area contributed by atoms with Gasteiger partial charge in [0.05, 0.1) is 18.8 Å². The SMILES string of the molecule is CCc1ccc(C(=O)NCCOCCNC(=O)OC(C)(C)C)cn1. The van der Waals surface area contributed by atoms with Crippen molar-refractivity contribution in [1.29, 1.82) is 0 Å². The maximum absolute atomic E-state index is 11.9. The minimum Gasteiger partial charge on any atom is -0.444 e. The third-order valence-electron chi connectivity index (χ3n) is 2.90. The van der Waals surface area contributed by atoms with Gasteiger partial charge in [-0.1, -0.05) is 6.92 Å². The molecule has 0 aliphatic rings. The zero-order valence-corrected chi connectivity index (χ0v) is 14.8. The molecular weight excluding hydrogens is 310 g/mol. The summed E-state index contributed by atoms with van der Waals surface area (Å²) in [5.41, 5.74) is 0.963. The lowest BCUT2D eigenvalue weighted by atomic mass is 10.2. The van der Waals surface area contributed by atoms with Gasteiger partial charge in [-0.25, -0.2) is 4.79 Å². The Morgan fingerprint density at radius 3 is 2.33 bits per heavy atom. The predicted molar refractivity (Wildman–Crippen MR) is 91.0 cm³/mol. The number of nitrogens with zero attached hydrogens (tertiary/aromatic N) is 1. The second kappa shape index (κ2) is 9.87. The second-order valence-corrected chi connectivity index (χ2v) is 6.19. The summed E-state index contributed by atoms with van der Waals surface area (Å²) in [4.78, 5) is 27.4. The van der Waals surface area contributed by atoms with Crippen molar-refractivity contribution in [1.82, 2.24) is 15.6 Å². The Kier molecular flexibility index (Phi) is 8.18. The summed E-state index contributed by atoms with van der Waals surface area (Å²) in [5.74, 6) is -0.180. The van der Waals surface area contributed by atoms with Crippen LogP contribution in [0, 0.1) is 0 Å². The topological polar surface area (TPSA) is 89.6 Å². The third kappa shape index (κ3) is 8.47. The summed E-state index contributed by atoms with van der Waals surface area (Å²) in [6.07, 6.45) is 1.94. The summed E-state index contributed by atoms with van der Waals surface area (Å²) in [6, 6.07) is 3.60. The largest absolute Gasteiger partial charge is 0.444 e. The molecule has 0 unspecified atom stereocenters. The molecule has 2 amide bonds. The first-order chi connectivity index (χ1) is 11.3. The molecule has 1 aromatic rings. The monoisotopic (exact) mass is 337 g/mol. The first-order valence-corrected chi connectivity index (χ1v) is 8.09. The van der Waals surface area contributed by atoms with Crippen LogP contribution >= 0.6 is 0 Å². The number of hydrogen-bond donors (Lipinski definition) is 2. The molecule has 1 heterocycles. The van der Waals surface area contributed by atoms with Gasteiger partial charge < -0.3 is 20.1 Å². The lowest BCUT2D eigenvalue weighted by Crippen LogP contribution is -2.34. The van der Waals surface area contributed by atoms with E-state index in [4.69, 9.17) is 9.47 Å². The molecule has 0 spiro atoms. The first-order valence-electron chi connectivity index (χ1n) is 8.09. The molecular formula is C17H27N3O4. The Morgan fingerprint density at radius 2 is 1.79 bits per heavy atom. The lowest BCUT2D eigenvalue weighted by molar-refractivity contribution is 0.0500. The Bertz CT molecular complexity index is 524. The number of ether oxygens (including phenoxy) is 2. The fourth-order valence-electron chi connectivity index (χ4n) is 1.75. The van der Waals surface area contributed by atoms with Crippen LogP contribution in [0.1, 0.15) is 43.7 Å². The highest BCUT2D eigenvalue weighted by Gasteiger charge is 2.15. The van der Waals surface area contributed by atoms with Gasteiger partial charge in [0.2, 0.25) is 0 Å². The van der Waals surface area contributed by atoms with Crippen molar-refractivity contribution in [3.05, 3.63) is 29.6 Å². The number of carbonyl (C=O) groups is 2. The summed E-state index contributed by atoms with van der Waals surface area (Å²) >= 11 is 0. The molecule has 2 N–H and O–H groups in total. The first kappa shape index (κ1) is 19.9. The minimum atomic E-state index is -0.514. The quantitative estimate of drug-likeness (QED) is 0.707. The Morgan fingerprint density at radius 1 is 1.12 bits per heavy atom. The second-order valence-electron chi connectivity index (χ2n) is 6.19. The van der Waals surface area contributed by atoms with E-state index in [1.807, 2.05) is 13.0 Å². The van der Waals surface area contributed by atoms with Crippen molar-refractivity contribution in [2.24, 2.45) is 0 Å². The summed E-state index contributed by atoms with van der Waals surface area (Å²) in [6.45, 7) is 8.87. The zero-order valence-electron chi connectivity index (χ0n) is 14.8. The van der Waals surface area contributed by atoms with Crippen LogP contribution in [0.25, 0.3) is 0 Å². The van der Waals surface area contributed by atoms with Crippen LogP contribution in [0.2, 0.25) is 0 Å². The maximum Gasteiger partial charge on any atom is 0.407 e. The maximum atomic E-state index is 11.9. The summed E-state index contributed by atoms with van der Waals surface area (Å²) < 4.78 is 10.4. The number of carbonyl (C=O) groups excluding carboxylic acids is 2. The van der Waals surface area contributed by atoms with Crippen LogP contribution in [0.3, 0.4) is 0 Å². The average Bonchev–Trinajstić information content (AvgIpc) is 2.52. The fraction of sp³-hybridized carbons (Fsp3) is 0.588. The number of nitrogens with one attached hydrogen (secondary N) is 2. The fourth-order valence-corrected chi connectivity index (χ4v) is 1.75. The van der Waals surface area contributed by atoms with Gasteiger partial charge in [0.1, 0.15) is 5.60 Å². The van der Waals surface area contributed by atoms with Crippen LogP contribution in [-0.4, -0.2) is 48.9 Å². The van der Waals surface area contributed by atoms with E-state index < -0.39 is 11.7 Å². The highest BCUT2D eigenvalue weighted by Crippen LogP contribution is 2.06. The zero-order chi connectivity index (χ0) is 18.0. The number of alkyl carbamates (subject to hydrolysis) is 1. The third-order valence-corrected chi connectivity index (χ3v) is 2.90. The number of rotatable bonds is 8. The van der Waals surface area contributed by atoms with Gasteiger partial charge in [0.25, 0.3) is 5.91 Å². The number of aromatic nitrogens is 1. The Balaban J connectivity index is 2.09. The van der Waals surface area contributed by atoms with Crippen molar-refractivity contribution in [2.45, 2.75) is 39.7 Å². The minimum absolute atomic E-state index is 0.180. The van der Waals surface area contributed by atoms with E-state index >= 15 is 0 Å². The van der Waals surface area contributed by atoms with Crippen molar-refractivity contribution >= 4 is 12.0 Å². The van der Waals surface area contributed by atoms with Crippen molar-refractivity contribution in [3.63, 3.8) is 0 Å². The number of hydrogen-bond acceptors (Lipinski definition) is 5. The standard InChI is InChI=1S/C17H27N3O4/c1-5-14-7-6-13(12-20-14)15(21)18-8-10-23-11-9-19-16(22)24-17(2,3)4/h6-7,12H,5,8-11H2,1-4H3,(H,18,21)(H,19,22). The highest BCUT2D eigenvalue weighted by atomic mass is 16.6. The van der Waals surface area contributed by atoms with Crippen LogP contribution in [0.5, 0.6) is 0 Å². The average molecular weight is 337 g/mol. The van der Waals surface area contributed by atoms with E-state index in [1.165, 1.54) is 0 Å². The number of aryl methyl sites for hydroxylation is 1. The Labute approximate surface area is 143 Å². The molecule has 0 saturated heterocycles. The van der Waals surface area contributed by atoms with Crippen LogP contribution in [0.15, 0.2) is 18.3 Å². The van der Waals surface area contributed by atoms with E-state index in [2.05, 4.69) is 15.6 Å². The molecule has 1 rings (SSSR count). The molecule has 7 nitrogen and oxygen atoms in total. The lowest BCUT2D eigenvalue weighted by Gasteiger charge is -2.19. The van der Waals surface area contributed by atoms with Gasteiger partial charge in [0.15, 0.2) is 0 Å². The molecule has 0 aliphatic carbocycles. The predicted octanol–water partition coefficient (Wildman–Crippen LogP) is 1.92. The van der Waals surface area contributed by atoms with Crippen LogP contribution < -0.4 is 10.6 Å².